The topological polar surface area (TPSA) is 3.24 Å². The minimum absolute atomic E-state index is 0.000787. The van der Waals surface area contributed by atoms with Gasteiger partial charge in [0.25, 0.3) is 0 Å². The normalized spacial score (nSPS) is 13.6. The van der Waals surface area contributed by atoms with Crippen LogP contribution in [0.3, 0.4) is 0 Å². The molecule has 0 atom stereocenters. The van der Waals surface area contributed by atoms with Crippen LogP contribution in [0.4, 0.5) is 17.1 Å². The summed E-state index contributed by atoms with van der Waals surface area (Å²) in [5.74, 6) is 0. The molecule has 0 amide bonds. The monoisotopic (exact) mass is 517 g/mol. The summed E-state index contributed by atoms with van der Waals surface area (Å²) >= 11 is 1.88. The van der Waals surface area contributed by atoms with Crippen molar-refractivity contribution in [2.45, 2.75) is 19.3 Å². The quantitative estimate of drug-likeness (QED) is 0.225. The van der Waals surface area contributed by atoms with Crippen molar-refractivity contribution in [2.24, 2.45) is 0 Å². The van der Waals surface area contributed by atoms with Crippen molar-refractivity contribution in [1.82, 2.24) is 0 Å². The number of hydrogen-bond acceptors (Lipinski definition) is 2. The fourth-order valence-corrected chi connectivity index (χ4v) is 7.70. The van der Waals surface area contributed by atoms with Crippen LogP contribution in [-0.2, 0) is 5.41 Å². The lowest BCUT2D eigenvalue weighted by Crippen LogP contribution is -2.15. The van der Waals surface area contributed by atoms with Crippen molar-refractivity contribution in [1.29, 1.82) is 0 Å². The lowest BCUT2D eigenvalue weighted by molar-refractivity contribution is 0.660. The predicted molar refractivity (Wildman–Crippen MR) is 169 cm³/mol. The minimum Gasteiger partial charge on any atom is -0.310 e. The van der Waals surface area contributed by atoms with E-state index in [0.717, 1.165) is 5.69 Å². The molecule has 39 heavy (non-hydrogen) atoms. The largest absolute Gasteiger partial charge is 0.310 e. The molecule has 1 aliphatic rings. The zero-order chi connectivity index (χ0) is 26.1. The van der Waals surface area contributed by atoms with Crippen LogP contribution in [0.1, 0.15) is 25.0 Å². The van der Waals surface area contributed by atoms with Gasteiger partial charge in [-0.1, -0.05) is 98.8 Å². The Balaban J connectivity index is 1.34. The Labute approximate surface area is 232 Å². The summed E-state index contributed by atoms with van der Waals surface area (Å²) in [6.45, 7) is 4.68. The highest BCUT2D eigenvalue weighted by atomic mass is 32.1. The average Bonchev–Trinajstić information content (AvgIpc) is 3.46. The van der Waals surface area contributed by atoms with Crippen LogP contribution < -0.4 is 4.90 Å². The second-order valence-corrected chi connectivity index (χ2v) is 12.1. The van der Waals surface area contributed by atoms with E-state index in [4.69, 9.17) is 0 Å². The van der Waals surface area contributed by atoms with E-state index < -0.39 is 0 Å². The van der Waals surface area contributed by atoms with Crippen LogP contribution in [0.5, 0.6) is 0 Å². The Morgan fingerprint density at radius 3 is 2.13 bits per heavy atom. The third-order valence-electron chi connectivity index (χ3n) is 8.44. The number of anilines is 3. The molecule has 0 bridgehead atoms. The first-order valence-electron chi connectivity index (χ1n) is 13.5. The van der Waals surface area contributed by atoms with E-state index in [0.29, 0.717) is 0 Å². The van der Waals surface area contributed by atoms with Gasteiger partial charge in [0.05, 0.1) is 0 Å². The standard InChI is InChI=1S/C37H27NS/c1-37(2)32-15-9-8-14-29(32)31-22-26(18-20-33(31)37)38(25-11-4-3-5-12-25)27-17-19-30-35(23-27)39-34-21-16-24-10-6-7-13-28(24)36(30)34/h3-23H,1-2H3. The molecule has 1 heterocycles. The van der Waals surface area contributed by atoms with Gasteiger partial charge in [-0.2, -0.15) is 0 Å². The van der Waals surface area contributed by atoms with Crippen LogP contribution in [0, 0.1) is 0 Å². The van der Waals surface area contributed by atoms with E-state index >= 15 is 0 Å². The highest BCUT2D eigenvalue weighted by molar-refractivity contribution is 7.26. The van der Waals surface area contributed by atoms with Gasteiger partial charge in [-0.15, -0.1) is 11.3 Å². The molecule has 0 fully saturated rings. The first kappa shape index (κ1) is 22.6. The second kappa shape index (κ2) is 8.30. The van der Waals surface area contributed by atoms with Gasteiger partial charge in [0.15, 0.2) is 0 Å². The van der Waals surface area contributed by atoms with E-state index in [1.54, 1.807) is 0 Å². The predicted octanol–water partition coefficient (Wildman–Crippen LogP) is 11.0. The van der Waals surface area contributed by atoms with Crippen molar-refractivity contribution in [3.8, 4) is 11.1 Å². The Kier molecular flexibility index (Phi) is 4.80. The molecule has 7 aromatic rings. The summed E-state index contributed by atoms with van der Waals surface area (Å²) in [5, 5.41) is 5.31. The lowest BCUT2D eigenvalue weighted by atomic mass is 9.82. The SMILES string of the molecule is CC1(C)c2ccccc2-c2cc(N(c3ccccc3)c3ccc4c(c3)sc3ccc5ccccc5c34)ccc21. The molecule has 186 valence electrons. The van der Waals surface area contributed by atoms with Crippen molar-refractivity contribution in [3.05, 3.63) is 139 Å². The molecule has 0 N–H and O–H groups in total. The van der Waals surface area contributed by atoms with Gasteiger partial charge in [0, 0.05) is 42.6 Å². The molecule has 8 rings (SSSR count). The van der Waals surface area contributed by atoms with Gasteiger partial charge in [-0.25, -0.2) is 0 Å². The van der Waals surface area contributed by atoms with Crippen molar-refractivity contribution < 1.29 is 0 Å². The van der Waals surface area contributed by atoms with Crippen LogP contribution >= 0.6 is 11.3 Å². The van der Waals surface area contributed by atoms with Crippen molar-refractivity contribution in [3.63, 3.8) is 0 Å². The number of hydrogen-bond donors (Lipinski definition) is 0. The van der Waals surface area contributed by atoms with E-state index in [1.165, 1.54) is 64.6 Å². The number of nitrogens with zero attached hydrogens (tertiary/aromatic N) is 1. The van der Waals surface area contributed by atoms with E-state index in [-0.39, 0.29) is 5.41 Å². The maximum absolute atomic E-state index is 2.40. The molecule has 2 heteroatoms. The summed E-state index contributed by atoms with van der Waals surface area (Å²) in [7, 11) is 0. The van der Waals surface area contributed by atoms with Crippen molar-refractivity contribution in [2.75, 3.05) is 4.90 Å². The maximum atomic E-state index is 2.40. The van der Waals surface area contributed by atoms with Gasteiger partial charge in [0.2, 0.25) is 0 Å². The molecule has 0 saturated carbocycles. The lowest BCUT2D eigenvalue weighted by Gasteiger charge is -2.27. The molecule has 0 saturated heterocycles. The third kappa shape index (κ3) is 3.32. The van der Waals surface area contributed by atoms with Gasteiger partial charge < -0.3 is 4.90 Å². The van der Waals surface area contributed by atoms with Gasteiger partial charge >= 0.3 is 0 Å². The summed E-state index contributed by atoms with van der Waals surface area (Å²) < 4.78 is 2.65. The number of thiophene rings is 1. The number of benzene rings is 6. The summed E-state index contributed by atoms with van der Waals surface area (Å²) in [6.07, 6.45) is 0. The third-order valence-corrected chi connectivity index (χ3v) is 9.56. The van der Waals surface area contributed by atoms with Crippen molar-refractivity contribution >= 4 is 59.3 Å². The van der Waals surface area contributed by atoms with Gasteiger partial charge in [-0.3, -0.25) is 0 Å². The Morgan fingerprint density at radius 2 is 1.23 bits per heavy atom. The van der Waals surface area contributed by atoms with E-state index in [1.807, 2.05) is 11.3 Å². The van der Waals surface area contributed by atoms with Crippen LogP contribution in [0.2, 0.25) is 0 Å². The molecule has 1 nitrogen and oxygen atoms in total. The number of para-hydroxylation sites is 1. The Bertz CT molecular complexity index is 2050. The molecule has 0 unspecified atom stereocenters. The molecular weight excluding hydrogens is 490 g/mol. The second-order valence-electron chi connectivity index (χ2n) is 11.0. The maximum Gasteiger partial charge on any atom is 0.0476 e. The highest BCUT2D eigenvalue weighted by Crippen LogP contribution is 2.51. The minimum atomic E-state index is 0.000787. The van der Waals surface area contributed by atoms with Crippen LogP contribution in [-0.4, -0.2) is 0 Å². The van der Waals surface area contributed by atoms with Crippen LogP contribution in [0.25, 0.3) is 42.1 Å². The number of rotatable bonds is 3. The van der Waals surface area contributed by atoms with E-state index in [9.17, 15) is 0 Å². The summed E-state index contributed by atoms with van der Waals surface area (Å²) in [6, 6.07) is 46.8. The molecular formula is C37H27NS. The Morgan fingerprint density at radius 1 is 0.513 bits per heavy atom. The smallest absolute Gasteiger partial charge is 0.0476 e. The van der Waals surface area contributed by atoms with Gasteiger partial charge in [0.1, 0.15) is 0 Å². The van der Waals surface area contributed by atoms with Crippen LogP contribution in [0.15, 0.2) is 127 Å². The molecule has 1 aliphatic carbocycles. The Hall–Kier alpha value is -4.40. The first-order valence-corrected chi connectivity index (χ1v) is 14.3. The fourth-order valence-electron chi connectivity index (χ4n) is 6.55. The molecule has 0 spiro atoms. The fraction of sp³-hybridized carbons (Fsp3) is 0.0811. The van der Waals surface area contributed by atoms with E-state index in [2.05, 4.69) is 146 Å². The number of fused-ring (bicyclic) bond motifs is 8. The average molecular weight is 518 g/mol. The highest BCUT2D eigenvalue weighted by Gasteiger charge is 2.35. The summed E-state index contributed by atoms with van der Waals surface area (Å²) in [4.78, 5) is 2.40. The molecule has 1 aromatic heterocycles. The molecule has 0 radical (unpaired) electrons. The molecule has 0 aliphatic heterocycles. The summed E-state index contributed by atoms with van der Waals surface area (Å²) in [5.41, 5.74) is 9.00. The first-order chi connectivity index (χ1) is 19.1. The molecule has 6 aromatic carbocycles. The zero-order valence-electron chi connectivity index (χ0n) is 22.0. The zero-order valence-corrected chi connectivity index (χ0v) is 22.8. The van der Waals surface area contributed by atoms with Gasteiger partial charge in [-0.05, 0) is 75.5 Å².